The fourth-order valence-corrected chi connectivity index (χ4v) is 3.95. The van der Waals surface area contributed by atoms with Crippen LogP contribution in [0.3, 0.4) is 0 Å². The van der Waals surface area contributed by atoms with Gasteiger partial charge in [-0.3, -0.25) is 9.59 Å². The molecule has 1 amide bonds. The highest BCUT2D eigenvalue weighted by molar-refractivity contribution is 7.18. The van der Waals surface area contributed by atoms with E-state index in [2.05, 4.69) is 16.4 Å². The fraction of sp³-hybridized carbons (Fsp3) is 0.158. The Hall–Kier alpha value is -3.04. The van der Waals surface area contributed by atoms with Crippen molar-refractivity contribution in [2.45, 2.75) is 18.8 Å². The molecule has 0 saturated carbocycles. The number of thiazole rings is 1. The minimum absolute atomic E-state index is 0.0176. The molecule has 0 saturated heterocycles. The molecule has 1 atom stereocenters. The molecule has 1 unspecified atom stereocenters. The molecule has 5 nitrogen and oxygen atoms in total. The lowest BCUT2D eigenvalue weighted by molar-refractivity contribution is -0.116. The number of rotatable bonds is 3. The topological polar surface area (TPSA) is 82.8 Å². The highest BCUT2D eigenvalue weighted by atomic mass is 32.1. The van der Waals surface area contributed by atoms with Gasteiger partial charge in [-0.2, -0.15) is 5.26 Å². The summed E-state index contributed by atoms with van der Waals surface area (Å²) in [6.07, 6.45) is 1.00. The predicted molar refractivity (Wildman–Crippen MR) is 95.7 cm³/mol. The van der Waals surface area contributed by atoms with Crippen molar-refractivity contribution in [1.29, 1.82) is 5.26 Å². The van der Waals surface area contributed by atoms with Crippen LogP contribution in [0.5, 0.6) is 0 Å². The predicted octanol–water partition coefficient (Wildman–Crippen LogP) is 3.67. The van der Waals surface area contributed by atoms with Crippen molar-refractivity contribution in [1.82, 2.24) is 4.98 Å². The second kappa shape index (κ2) is 6.11. The van der Waals surface area contributed by atoms with Gasteiger partial charge in [0, 0.05) is 17.7 Å². The Morgan fingerprint density at radius 3 is 2.88 bits per heavy atom. The Bertz CT molecular complexity index is 1020. The Kier molecular flexibility index (Phi) is 3.79. The number of Topliss-reactive ketones (excluding diaryl/α,β-unsaturated/α-hetero) is 1. The van der Waals surface area contributed by atoms with E-state index in [1.807, 2.05) is 24.3 Å². The number of hydrogen-bond donors (Lipinski definition) is 1. The van der Waals surface area contributed by atoms with E-state index < -0.39 is 5.92 Å². The summed E-state index contributed by atoms with van der Waals surface area (Å²) in [6, 6.07) is 14.8. The lowest BCUT2D eigenvalue weighted by Gasteiger charge is -2.17. The van der Waals surface area contributed by atoms with Crippen molar-refractivity contribution in [2.75, 3.05) is 5.32 Å². The van der Waals surface area contributed by atoms with Crippen LogP contribution in [-0.4, -0.2) is 16.7 Å². The van der Waals surface area contributed by atoms with Gasteiger partial charge in [-0.05, 0) is 42.3 Å². The summed E-state index contributed by atoms with van der Waals surface area (Å²) < 4.78 is 0.957. The maximum absolute atomic E-state index is 12.9. The van der Waals surface area contributed by atoms with Gasteiger partial charge in [-0.1, -0.05) is 12.1 Å². The summed E-state index contributed by atoms with van der Waals surface area (Å²) in [7, 11) is 0. The van der Waals surface area contributed by atoms with Crippen LogP contribution in [0.2, 0.25) is 0 Å². The van der Waals surface area contributed by atoms with Crippen LogP contribution in [-0.2, 0) is 11.2 Å². The second-order valence-electron chi connectivity index (χ2n) is 5.87. The fourth-order valence-electron chi connectivity index (χ4n) is 2.94. The first kappa shape index (κ1) is 15.5. The van der Waals surface area contributed by atoms with E-state index in [1.165, 1.54) is 11.3 Å². The van der Waals surface area contributed by atoms with Crippen LogP contribution in [0.1, 0.15) is 33.3 Å². The highest BCUT2D eigenvalue weighted by Gasteiger charge is 2.26. The van der Waals surface area contributed by atoms with Crippen LogP contribution >= 0.6 is 11.3 Å². The number of amides is 1. The first-order valence-electron chi connectivity index (χ1n) is 7.88. The summed E-state index contributed by atoms with van der Waals surface area (Å²) in [5, 5.41) is 12.9. The van der Waals surface area contributed by atoms with Crippen LogP contribution < -0.4 is 5.32 Å². The number of aryl methyl sites for hydroxylation is 1. The number of aromatic nitrogens is 1. The number of carbonyl (C=O) groups excluding carboxylic acids is 2. The third kappa shape index (κ3) is 2.79. The second-order valence-corrected chi connectivity index (χ2v) is 6.93. The number of hydrogen-bond acceptors (Lipinski definition) is 5. The molecule has 1 aliphatic heterocycles. The number of para-hydroxylation sites is 1. The number of benzene rings is 2. The van der Waals surface area contributed by atoms with Crippen molar-refractivity contribution in [3.63, 3.8) is 0 Å². The van der Waals surface area contributed by atoms with E-state index in [1.54, 1.807) is 18.2 Å². The minimum Gasteiger partial charge on any atom is -0.326 e. The Morgan fingerprint density at radius 1 is 1.24 bits per heavy atom. The molecule has 1 aromatic heterocycles. The number of anilines is 1. The normalized spacial score (nSPS) is 14.4. The van der Waals surface area contributed by atoms with Crippen LogP contribution in [0.4, 0.5) is 5.69 Å². The molecular formula is C19H13N3O2S. The zero-order chi connectivity index (χ0) is 17.4. The zero-order valence-electron chi connectivity index (χ0n) is 13.2. The third-order valence-electron chi connectivity index (χ3n) is 4.23. The lowest BCUT2D eigenvalue weighted by Crippen LogP contribution is -2.20. The first-order valence-corrected chi connectivity index (χ1v) is 8.69. The van der Waals surface area contributed by atoms with Crippen LogP contribution in [0, 0.1) is 11.3 Å². The molecule has 2 heterocycles. The molecule has 0 radical (unpaired) electrons. The molecule has 3 aromatic rings. The molecule has 0 aliphatic carbocycles. The van der Waals surface area contributed by atoms with Gasteiger partial charge in [-0.15, -0.1) is 11.3 Å². The van der Waals surface area contributed by atoms with Crippen molar-refractivity contribution >= 4 is 38.9 Å². The largest absolute Gasteiger partial charge is 0.326 e. The Labute approximate surface area is 147 Å². The van der Waals surface area contributed by atoms with E-state index >= 15 is 0 Å². The van der Waals surface area contributed by atoms with Gasteiger partial charge in [0.25, 0.3) is 0 Å². The number of nitrogens with zero attached hydrogens (tertiary/aromatic N) is 2. The molecule has 0 spiro atoms. The average molecular weight is 347 g/mol. The number of ketones is 1. The minimum atomic E-state index is -0.923. The molecule has 25 heavy (non-hydrogen) atoms. The van der Waals surface area contributed by atoms with Gasteiger partial charge in [0.1, 0.15) is 5.01 Å². The van der Waals surface area contributed by atoms with Crippen molar-refractivity contribution < 1.29 is 9.59 Å². The summed E-state index contributed by atoms with van der Waals surface area (Å²) >= 11 is 1.37. The molecule has 0 bridgehead atoms. The van der Waals surface area contributed by atoms with E-state index in [-0.39, 0.29) is 11.7 Å². The first-order chi connectivity index (χ1) is 12.2. The summed E-state index contributed by atoms with van der Waals surface area (Å²) in [5.74, 6) is -1.20. The quantitative estimate of drug-likeness (QED) is 0.733. The molecule has 6 heteroatoms. The highest BCUT2D eigenvalue weighted by Crippen LogP contribution is 2.31. The number of fused-ring (bicyclic) bond motifs is 2. The summed E-state index contributed by atoms with van der Waals surface area (Å²) in [4.78, 5) is 28.7. The van der Waals surface area contributed by atoms with Gasteiger partial charge in [0.2, 0.25) is 5.91 Å². The van der Waals surface area contributed by atoms with E-state index in [0.29, 0.717) is 23.4 Å². The summed E-state index contributed by atoms with van der Waals surface area (Å²) in [6.45, 7) is 0. The number of nitrogens with one attached hydrogen (secondary N) is 1. The summed E-state index contributed by atoms with van der Waals surface area (Å²) in [5.41, 5.74) is 2.93. The van der Waals surface area contributed by atoms with Crippen LogP contribution in [0.15, 0.2) is 42.5 Å². The molecule has 122 valence electrons. The third-order valence-corrected chi connectivity index (χ3v) is 5.34. The van der Waals surface area contributed by atoms with Gasteiger partial charge in [0.05, 0.1) is 16.3 Å². The van der Waals surface area contributed by atoms with Gasteiger partial charge >= 0.3 is 0 Å². The average Bonchev–Trinajstić information content (AvgIpc) is 3.05. The SMILES string of the molecule is N#CC(C(=O)c1ccc2c(c1)CCC(=O)N2)c1nc2ccccc2s1. The van der Waals surface area contributed by atoms with Crippen molar-refractivity contribution in [3.05, 3.63) is 58.6 Å². The molecular weight excluding hydrogens is 334 g/mol. The maximum Gasteiger partial charge on any atom is 0.224 e. The van der Waals surface area contributed by atoms with Gasteiger partial charge in [-0.25, -0.2) is 4.98 Å². The number of nitriles is 1. The molecule has 4 rings (SSSR count). The lowest BCUT2D eigenvalue weighted by atomic mass is 9.94. The van der Waals surface area contributed by atoms with E-state index in [4.69, 9.17) is 0 Å². The standard InChI is InChI=1S/C19H13N3O2S/c20-10-13(19-22-15-3-1-2-4-16(15)25-19)18(24)12-5-7-14-11(9-12)6-8-17(23)21-14/h1-5,7,9,13H,6,8H2,(H,21,23). The van der Waals surface area contributed by atoms with Gasteiger partial charge in [0.15, 0.2) is 11.7 Å². The smallest absolute Gasteiger partial charge is 0.224 e. The van der Waals surface area contributed by atoms with E-state index in [0.717, 1.165) is 21.5 Å². The molecule has 2 aromatic carbocycles. The maximum atomic E-state index is 12.9. The number of carbonyl (C=O) groups is 2. The zero-order valence-corrected chi connectivity index (χ0v) is 14.0. The Morgan fingerprint density at radius 2 is 2.08 bits per heavy atom. The van der Waals surface area contributed by atoms with Crippen molar-refractivity contribution in [2.24, 2.45) is 0 Å². The molecule has 1 N–H and O–H groups in total. The van der Waals surface area contributed by atoms with E-state index in [9.17, 15) is 14.9 Å². The van der Waals surface area contributed by atoms with Crippen LogP contribution in [0.25, 0.3) is 10.2 Å². The molecule has 1 aliphatic rings. The van der Waals surface area contributed by atoms with Gasteiger partial charge < -0.3 is 5.32 Å². The Balaban J connectivity index is 1.69. The van der Waals surface area contributed by atoms with Crippen molar-refractivity contribution in [3.8, 4) is 6.07 Å². The monoisotopic (exact) mass is 347 g/mol. The molecule has 0 fully saturated rings.